The van der Waals surface area contributed by atoms with E-state index in [-0.39, 0.29) is 11.7 Å². The molecule has 0 aliphatic heterocycles. The molecule has 1 aromatic carbocycles. The van der Waals surface area contributed by atoms with Crippen LogP contribution < -0.4 is 4.74 Å². The first kappa shape index (κ1) is 23.8. The van der Waals surface area contributed by atoms with E-state index in [0.717, 1.165) is 48.9 Å². The molecule has 0 aromatic heterocycles. The Balaban J connectivity index is 1.25. The van der Waals surface area contributed by atoms with Gasteiger partial charge in [0.1, 0.15) is 0 Å². The van der Waals surface area contributed by atoms with Gasteiger partial charge in [0, 0.05) is 0 Å². The zero-order valence-corrected chi connectivity index (χ0v) is 20.0. The van der Waals surface area contributed by atoms with Crippen molar-refractivity contribution in [1.29, 1.82) is 0 Å². The molecule has 3 heteroatoms. The Hall–Kier alpha value is -1.38. The van der Waals surface area contributed by atoms with Gasteiger partial charge in [-0.15, -0.1) is 6.58 Å². The Kier molecular flexibility index (Phi) is 8.29. The quantitative estimate of drug-likeness (QED) is 0.382. The molecule has 0 atom stereocenters. The molecule has 3 aliphatic rings. The predicted octanol–water partition coefficient (Wildman–Crippen LogP) is 8.83. The van der Waals surface area contributed by atoms with Crippen LogP contribution in [-0.4, -0.2) is 6.61 Å². The zero-order chi connectivity index (χ0) is 22.5. The molecule has 0 saturated heterocycles. The van der Waals surface area contributed by atoms with Crippen molar-refractivity contribution in [3.63, 3.8) is 0 Å². The summed E-state index contributed by atoms with van der Waals surface area (Å²) in [5, 5.41) is 0. The lowest BCUT2D eigenvalue weighted by atomic mass is 9.64. The van der Waals surface area contributed by atoms with Crippen molar-refractivity contribution in [2.45, 2.75) is 96.3 Å². The number of ether oxygens (including phenoxy) is 1. The van der Waals surface area contributed by atoms with Crippen LogP contribution in [0.5, 0.6) is 5.75 Å². The average molecular weight is 445 g/mol. The van der Waals surface area contributed by atoms with Crippen LogP contribution in [0.3, 0.4) is 0 Å². The predicted molar refractivity (Wildman–Crippen MR) is 128 cm³/mol. The number of hydrogen-bond acceptors (Lipinski definition) is 1. The number of allylic oxidation sites excluding steroid dienone is 1. The van der Waals surface area contributed by atoms with E-state index in [9.17, 15) is 8.78 Å². The van der Waals surface area contributed by atoms with Crippen LogP contribution in [0.15, 0.2) is 24.8 Å². The number of hydrogen-bond donors (Lipinski definition) is 0. The standard InChI is InChI=1S/C29H42F2O/c1-3-19-32-27-18-17-26(28(30)29(27)31)25-15-13-24(14-16-25)23-11-9-22(10-12-23)21-7-5-20(4-2)6-8-21/h4,17-18,20-25H,2-3,5-16,19H2,1H3. The van der Waals surface area contributed by atoms with E-state index in [1.54, 1.807) is 12.1 Å². The summed E-state index contributed by atoms with van der Waals surface area (Å²) in [6, 6.07) is 3.39. The van der Waals surface area contributed by atoms with Gasteiger partial charge >= 0.3 is 0 Å². The molecule has 3 aliphatic carbocycles. The number of rotatable bonds is 7. The number of benzene rings is 1. The first-order valence-corrected chi connectivity index (χ1v) is 13.3. The van der Waals surface area contributed by atoms with Gasteiger partial charge < -0.3 is 4.74 Å². The average Bonchev–Trinajstić information content (AvgIpc) is 2.85. The highest BCUT2D eigenvalue weighted by Crippen LogP contribution is 2.47. The van der Waals surface area contributed by atoms with Crippen molar-refractivity contribution in [2.75, 3.05) is 6.61 Å². The molecule has 0 amide bonds. The molecule has 32 heavy (non-hydrogen) atoms. The van der Waals surface area contributed by atoms with Crippen LogP contribution >= 0.6 is 0 Å². The fourth-order valence-corrected chi connectivity index (χ4v) is 7.03. The summed E-state index contributed by atoms with van der Waals surface area (Å²) in [7, 11) is 0. The van der Waals surface area contributed by atoms with Crippen LogP contribution in [0.4, 0.5) is 8.78 Å². The van der Waals surface area contributed by atoms with Gasteiger partial charge in [0.15, 0.2) is 11.6 Å². The molecule has 0 spiro atoms. The summed E-state index contributed by atoms with van der Waals surface area (Å²) in [5.41, 5.74) is 0.559. The van der Waals surface area contributed by atoms with Gasteiger partial charge in [0.05, 0.1) is 6.61 Å². The Morgan fingerprint density at radius 1 is 0.781 bits per heavy atom. The van der Waals surface area contributed by atoms with Crippen molar-refractivity contribution >= 4 is 0 Å². The van der Waals surface area contributed by atoms with Gasteiger partial charge in [-0.25, -0.2) is 4.39 Å². The number of halogens is 2. The fraction of sp³-hybridized carbons (Fsp3) is 0.724. The van der Waals surface area contributed by atoms with Crippen LogP contribution in [0, 0.1) is 41.2 Å². The summed E-state index contributed by atoms with van der Waals surface area (Å²) in [5.74, 6) is 2.99. The molecule has 3 saturated carbocycles. The van der Waals surface area contributed by atoms with Crippen LogP contribution in [0.2, 0.25) is 0 Å². The Morgan fingerprint density at radius 2 is 1.28 bits per heavy atom. The van der Waals surface area contributed by atoms with E-state index in [4.69, 9.17) is 4.74 Å². The topological polar surface area (TPSA) is 9.23 Å². The Morgan fingerprint density at radius 3 is 1.78 bits per heavy atom. The lowest BCUT2D eigenvalue weighted by molar-refractivity contribution is 0.114. The summed E-state index contributed by atoms with van der Waals surface area (Å²) < 4.78 is 34.5. The van der Waals surface area contributed by atoms with Crippen LogP contribution in [0.1, 0.15) is 102 Å². The van der Waals surface area contributed by atoms with E-state index in [1.807, 2.05) is 6.92 Å². The van der Waals surface area contributed by atoms with Gasteiger partial charge in [-0.05, 0) is 131 Å². The third-order valence-electron chi connectivity index (χ3n) is 9.05. The second-order valence-corrected chi connectivity index (χ2v) is 10.8. The van der Waals surface area contributed by atoms with Crippen molar-refractivity contribution in [3.8, 4) is 5.75 Å². The van der Waals surface area contributed by atoms with E-state index in [2.05, 4.69) is 12.7 Å². The monoisotopic (exact) mass is 444 g/mol. The van der Waals surface area contributed by atoms with Gasteiger partial charge in [-0.2, -0.15) is 4.39 Å². The van der Waals surface area contributed by atoms with Gasteiger partial charge in [-0.1, -0.05) is 19.1 Å². The minimum absolute atomic E-state index is 0.0523. The Bertz CT molecular complexity index is 736. The molecule has 0 N–H and O–H groups in total. The highest BCUT2D eigenvalue weighted by molar-refractivity contribution is 5.33. The highest BCUT2D eigenvalue weighted by Gasteiger charge is 2.35. The normalized spacial score (nSPS) is 33.6. The van der Waals surface area contributed by atoms with Gasteiger partial charge in [-0.3, -0.25) is 0 Å². The largest absolute Gasteiger partial charge is 0.490 e. The van der Waals surface area contributed by atoms with Crippen molar-refractivity contribution in [1.82, 2.24) is 0 Å². The molecule has 4 rings (SSSR count). The molecule has 3 fully saturated rings. The third kappa shape index (κ3) is 5.39. The second kappa shape index (κ2) is 11.2. The highest BCUT2D eigenvalue weighted by atomic mass is 19.2. The van der Waals surface area contributed by atoms with Crippen LogP contribution in [0.25, 0.3) is 0 Å². The molecule has 178 valence electrons. The SMILES string of the molecule is C=CC1CCC(C2CCC(C3CCC(c4ccc(OCCC)c(F)c4F)CC3)CC2)CC1. The summed E-state index contributed by atoms with van der Waals surface area (Å²) in [6.07, 6.45) is 18.3. The zero-order valence-electron chi connectivity index (χ0n) is 20.0. The van der Waals surface area contributed by atoms with E-state index >= 15 is 0 Å². The molecule has 1 aromatic rings. The maximum atomic E-state index is 14.7. The molecular formula is C29H42F2O. The van der Waals surface area contributed by atoms with E-state index in [0.29, 0.717) is 12.2 Å². The van der Waals surface area contributed by atoms with Gasteiger partial charge in [0.25, 0.3) is 0 Å². The summed E-state index contributed by atoms with van der Waals surface area (Å²) in [4.78, 5) is 0. The molecular weight excluding hydrogens is 402 g/mol. The molecule has 1 nitrogen and oxygen atoms in total. The first-order chi connectivity index (χ1) is 15.6. The maximum Gasteiger partial charge on any atom is 0.200 e. The summed E-state index contributed by atoms with van der Waals surface area (Å²) >= 11 is 0. The molecule has 0 heterocycles. The molecule has 0 unspecified atom stereocenters. The van der Waals surface area contributed by atoms with Crippen LogP contribution in [-0.2, 0) is 0 Å². The lowest BCUT2D eigenvalue weighted by Crippen LogP contribution is -2.29. The van der Waals surface area contributed by atoms with Crippen molar-refractivity contribution in [2.24, 2.45) is 29.6 Å². The van der Waals surface area contributed by atoms with Crippen molar-refractivity contribution in [3.05, 3.63) is 42.0 Å². The maximum absolute atomic E-state index is 14.7. The molecule has 0 bridgehead atoms. The molecule has 0 radical (unpaired) electrons. The van der Waals surface area contributed by atoms with Crippen molar-refractivity contribution < 1.29 is 13.5 Å². The third-order valence-corrected chi connectivity index (χ3v) is 9.05. The minimum atomic E-state index is -0.807. The minimum Gasteiger partial charge on any atom is -0.490 e. The smallest absolute Gasteiger partial charge is 0.200 e. The first-order valence-electron chi connectivity index (χ1n) is 13.3. The van der Waals surface area contributed by atoms with Gasteiger partial charge in [0.2, 0.25) is 5.82 Å². The van der Waals surface area contributed by atoms with E-state index < -0.39 is 11.6 Å². The lowest BCUT2D eigenvalue weighted by Gasteiger charge is -2.41. The Labute approximate surface area is 194 Å². The summed E-state index contributed by atoms with van der Waals surface area (Å²) in [6.45, 7) is 6.36. The second-order valence-electron chi connectivity index (χ2n) is 10.8. The van der Waals surface area contributed by atoms with E-state index in [1.165, 1.54) is 64.2 Å². The fourth-order valence-electron chi connectivity index (χ4n) is 7.03.